The van der Waals surface area contributed by atoms with Crippen LogP contribution in [0.15, 0.2) is 30.6 Å². The number of nitrogens with one attached hydrogen (secondary N) is 2. The normalized spacial score (nSPS) is 15.6. The number of nitrogens with two attached hydrogens (primary N) is 1. The summed E-state index contributed by atoms with van der Waals surface area (Å²) >= 11 is 0. The summed E-state index contributed by atoms with van der Waals surface area (Å²) in [4.78, 5) is 41.9. The third-order valence-corrected chi connectivity index (χ3v) is 7.19. The number of fused-ring (bicyclic) bond motifs is 3. The Morgan fingerprint density at radius 3 is 2.71 bits per heavy atom. The van der Waals surface area contributed by atoms with Gasteiger partial charge in [0.2, 0.25) is 5.91 Å². The SMILES string of the molecule is Cc1c(-c2cc3cc(Nc4cc5n(n4)CC(=O)N(C)CC5)ncc3c(N)n2)cnc2c1NCCN(C)C2=O. The minimum Gasteiger partial charge on any atom is -0.383 e. The first-order valence-electron chi connectivity index (χ1n) is 12.4. The van der Waals surface area contributed by atoms with Gasteiger partial charge in [0, 0.05) is 75.3 Å². The van der Waals surface area contributed by atoms with Crippen LogP contribution in [0.4, 0.5) is 23.1 Å². The number of carbonyl (C=O) groups excluding carboxylic acids is 2. The highest BCUT2D eigenvalue weighted by atomic mass is 16.2. The number of hydrogen-bond acceptors (Lipinski definition) is 9. The van der Waals surface area contributed by atoms with Crippen molar-refractivity contribution in [3.8, 4) is 11.3 Å². The lowest BCUT2D eigenvalue weighted by Crippen LogP contribution is -2.29. The summed E-state index contributed by atoms with van der Waals surface area (Å²) in [5.74, 6) is 1.49. The molecule has 0 fully saturated rings. The number of likely N-dealkylation sites (N-methyl/N-ethyl adjacent to an activating group) is 2. The zero-order valence-corrected chi connectivity index (χ0v) is 21.4. The molecule has 0 unspecified atom stereocenters. The Morgan fingerprint density at radius 1 is 1.03 bits per heavy atom. The second-order valence-corrected chi connectivity index (χ2v) is 9.73. The molecular formula is C26H28N10O2. The molecule has 0 atom stereocenters. The highest BCUT2D eigenvalue weighted by Crippen LogP contribution is 2.33. The Bertz CT molecular complexity index is 1610. The standard InChI is InChI=1S/C26H28N10O2/c1-14-17(11-30-24-23(14)28-5-7-35(3)26(24)38)19-8-15-9-20(29-12-18(15)25(27)31-19)32-21-10-16-4-6-34(2)22(37)13-36(16)33-21/h8-12,28H,4-7,13H2,1-3H3,(H2,27,31)(H,29,32,33). The summed E-state index contributed by atoms with van der Waals surface area (Å²) in [6.07, 6.45) is 4.10. The number of rotatable bonds is 3. The molecule has 2 aliphatic rings. The number of hydrogen-bond donors (Lipinski definition) is 3. The van der Waals surface area contributed by atoms with Crippen LogP contribution in [0, 0.1) is 6.92 Å². The van der Waals surface area contributed by atoms with Crippen molar-refractivity contribution in [2.24, 2.45) is 0 Å². The molecule has 0 radical (unpaired) electrons. The van der Waals surface area contributed by atoms with Crippen molar-refractivity contribution >= 4 is 45.7 Å². The van der Waals surface area contributed by atoms with Crippen molar-refractivity contribution in [1.82, 2.24) is 34.5 Å². The predicted molar refractivity (Wildman–Crippen MR) is 144 cm³/mol. The minimum atomic E-state index is -0.111. The summed E-state index contributed by atoms with van der Waals surface area (Å²) < 4.78 is 1.74. The fourth-order valence-electron chi connectivity index (χ4n) is 4.89. The first kappa shape index (κ1) is 23.6. The fraction of sp³-hybridized carbons (Fsp3) is 0.308. The van der Waals surface area contributed by atoms with Crippen LogP contribution in [-0.4, -0.2) is 80.1 Å². The first-order chi connectivity index (χ1) is 18.3. The van der Waals surface area contributed by atoms with E-state index in [0.717, 1.165) is 39.7 Å². The molecule has 4 N–H and O–H groups in total. The van der Waals surface area contributed by atoms with E-state index < -0.39 is 0 Å². The minimum absolute atomic E-state index is 0.0342. The zero-order valence-electron chi connectivity index (χ0n) is 21.4. The smallest absolute Gasteiger partial charge is 0.274 e. The van der Waals surface area contributed by atoms with E-state index in [-0.39, 0.29) is 18.4 Å². The number of pyridine rings is 3. The molecule has 12 nitrogen and oxygen atoms in total. The highest BCUT2D eigenvalue weighted by Gasteiger charge is 2.25. The Hall–Kier alpha value is -4.74. The van der Waals surface area contributed by atoms with Crippen molar-refractivity contribution in [2.75, 3.05) is 50.1 Å². The van der Waals surface area contributed by atoms with Crippen molar-refractivity contribution in [1.29, 1.82) is 0 Å². The number of nitrogen functional groups attached to an aromatic ring is 1. The van der Waals surface area contributed by atoms with Crippen LogP contribution >= 0.6 is 0 Å². The molecule has 6 rings (SSSR count). The lowest BCUT2D eigenvalue weighted by atomic mass is 10.0. The fourth-order valence-corrected chi connectivity index (χ4v) is 4.89. The third kappa shape index (κ3) is 4.03. The van der Waals surface area contributed by atoms with E-state index in [0.29, 0.717) is 48.5 Å². The van der Waals surface area contributed by atoms with Gasteiger partial charge >= 0.3 is 0 Å². The average Bonchev–Trinajstić information content (AvgIpc) is 3.13. The van der Waals surface area contributed by atoms with Crippen LogP contribution in [0.25, 0.3) is 22.0 Å². The molecule has 12 heteroatoms. The molecular weight excluding hydrogens is 484 g/mol. The van der Waals surface area contributed by atoms with Crippen LogP contribution < -0.4 is 16.4 Å². The van der Waals surface area contributed by atoms with Crippen molar-refractivity contribution in [2.45, 2.75) is 19.9 Å². The predicted octanol–water partition coefficient (Wildman–Crippen LogP) is 2.03. The molecule has 194 valence electrons. The summed E-state index contributed by atoms with van der Waals surface area (Å²) in [5.41, 5.74) is 10.8. The number of carbonyl (C=O) groups is 2. The first-order valence-corrected chi connectivity index (χ1v) is 12.4. The van der Waals surface area contributed by atoms with E-state index in [1.54, 1.807) is 41.0 Å². The van der Waals surface area contributed by atoms with Crippen LogP contribution in [0.3, 0.4) is 0 Å². The maximum Gasteiger partial charge on any atom is 0.274 e. The monoisotopic (exact) mass is 512 g/mol. The molecule has 0 saturated heterocycles. The lowest BCUT2D eigenvalue weighted by molar-refractivity contribution is -0.130. The molecule has 4 aromatic heterocycles. The molecule has 6 heterocycles. The third-order valence-electron chi connectivity index (χ3n) is 7.19. The van der Waals surface area contributed by atoms with Crippen molar-refractivity contribution in [3.05, 3.63) is 47.5 Å². The summed E-state index contributed by atoms with van der Waals surface area (Å²) in [6.45, 7) is 4.06. The molecule has 0 spiro atoms. The van der Waals surface area contributed by atoms with Crippen LogP contribution in [0.1, 0.15) is 21.7 Å². The molecule has 0 aliphatic carbocycles. The van der Waals surface area contributed by atoms with E-state index in [4.69, 9.17) is 5.73 Å². The van der Waals surface area contributed by atoms with Gasteiger partial charge in [0.25, 0.3) is 5.91 Å². The second kappa shape index (κ2) is 8.98. The average molecular weight is 513 g/mol. The van der Waals surface area contributed by atoms with Crippen molar-refractivity contribution in [3.63, 3.8) is 0 Å². The van der Waals surface area contributed by atoms with E-state index >= 15 is 0 Å². The molecule has 0 aromatic carbocycles. The number of aromatic nitrogens is 5. The summed E-state index contributed by atoms with van der Waals surface area (Å²) in [5, 5.41) is 12.7. The van der Waals surface area contributed by atoms with Gasteiger partial charge in [0.05, 0.1) is 11.4 Å². The van der Waals surface area contributed by atoms with E-state index in [2.05, 4.69) is 30.7 Å². The Morgan fingerprint density at radius 2 is 1.87 bits per heavy atom. The van der Waals surface area contributed by atoms with E-state index in [1.165, 1.54) is 0 Å². The van der Waals surface area contributed by atoms with E-state index in [1.807, 2.05) is 25.1 Å². The van der Waals surface area contributed by atoms with Gasteiger partial charge in [-0.2, -0.15) is 5.10 Å². The Labute approximate surface area is 218 Å². The zero-order chi connectivity index (χ0) is 26.6. The Kier molecular flexibility index (Phi) is 5.59. The van der Waals surface area contributed by atoms with Gasteiger partial charge in [-0.1, -0.05) is 0 Å². The van der Waals surface area contributed by atoms with E-state index in [9.17, 15) is 9.59 Å². The largest absolute Gasteiger partial charge is 0.383 e. The second-order valence-electron chi connectivity index (χ2n) is 9.73. The molecule has 4 aromatic rings. The van der Waals surface area contributed by atoms with Crippen LogP contribution in [0.2, 0.25) is 0 Å². The van der Waals surface area contributed by atoms with Crippen LogP contribution in [-0.2, 0) is 17.8 Å². The van der Waals surface area contributed by atoms with Gasteiger partial charge < -0.3 is 26.2 Å². The topological polar surface area (TPSA) is 147 Å². The summed E-state index contributed by atoms with van der Waals surface area (Å²) in [6, 6.07) is 5.78. The van der Waals surface area contributed by atoms with Gasteiger partial charge in [-0.25, -0.2) is 15.0 Å². The molecule has 0 saturated carbocycles. The molecule has 2 amide bonds. The van der Waals surface area contributed by atoms with Gasteiger partial charge in [-0.3, -0.25) is 14.3 Å². The van der Waals surface area contributed by atoms with Gasteiger partial charge in [-0.15, -0.1) is 0 Å². The quantitative estimate of drug-likeness (QED) is 0.375. The number of amides is 2. The molecule has 0 bridgehead atoms. The lowest BCUT2D eigenvalue weighted by Gasteiger charge is -2.15. The summed E-state index contributed by atoms with van der Waals surface area (Å²) in [7, 11) is 3.58. The van der Waals surface area contributed by atoms with Crippen LogP contribution in [0.5, 0.6) is 0 Å². The highest BCUT2D eigenvalue weighted by molar-refractivity contribution is 6.00. The van der Waals surface area contributed by atoms with Crippen molar-refractivity contribution < 1.29 is 9.59 Å². The molecule has 38 heavy (non-hydrogen) atoms. The molecule has 2 aliphatic heterocycles. The van der Waals surface area contributed by atoms with Gasteiger partial charge in [0.1, 0.15) is 18.2 Å². The number of anilines is 4. The van der Waals surface area contributed by atoms with Gasteiger partial charge in [0.15, 0.2) is 11.5 Å². The van der Waals surface area contributed by atoms with Gasteiger partial charge in [-0.05, 0) is 30.0 Å². The maximum atomic E-state index is 12.7. The number of nitrogens with zero attached hydrogens (tertiary/aromatic N) is 7. The maximum absolute atomic E-state index is 12.7. The Balaban J connectivity index is 1.34.